The third kappa shape index (κ3) is 4.30. The van der Waals surface area contributed by atoms with Gasteiger partial charge >= 0.3 is 0 Å². The average molecular weight is 499 g/mol. The standard InChI is InChI=1S/C24H27ClN6O2S/c1-2-10-30-23(33)22-19(9-15-34-22)31-20(26-27-24(30)31)7-4-8-21(32)29-13-11-28(12-14-29)18-6-3-5-17(25)16-18/h3,5-6,9,15-16H,2,4,7-8,10-14H2,1H3. The number of anilines is 1. The number of aromatic nitrogens is 4. The highest BCUT2D eigenvalue weighted by molar-refractivity contribution is 7.17. The molecule has 0 spiro atoms. The molecule has 3 aromatic heterocycles. The molecule has 1 fully saturated rings. The molecule has 1 amide bonds. The van der Waals surface area contributed by atoms with Gasteiger partial charge in [-0.2, -0.15) is 0 Å². The molecule has 0 atom stereocenters. The number of fused-ring (bicyclic) bond motifs is 3. The predicted octanol–water partition coefficient (Wildman–Crippen LogP) is 3.84. The zero-order valence-electron chi connectivity index (χ0n) is 19.1. The number of halogens is 1. The average Bonchev–Trinajstić information content (AvgIpc) is 3.49. The maximum absolute atomic E-state index is 12.8. The lowest BCUT2D eigenvalue weighted by Gasteiger charge is -2.36. The highest BCUT2D eigenvalue weighted by atomic mass is 35.5. The van der Waals surface area contributed by atoms with Crippen molar-refractivity contribution in [1.29, 1.82) is 0 Å². The SMILES string of the molecule is CCCn1c(=O)c2sccc2n2c(CCCC(=O)N3CCN(c4cccc(Cl)c4)CC3)nnc12. The van der Waals surface area contributed by atoms with Crippen molar-refractivity contribution in [2.45, 2.75) is 39.2 Å². The summed E-state index contributed by atoms with van der Waals surface area (Å²) < 4.78 is 4.41. The summed E-state index contributed by atoms with van der Waals surface area (Å²) in [4.78, 5) is 29.9. The van der Waals surface area contributed by atoms with Crippen molar-refractivity contribution in [2.75, 3.05) is 31.1 Å². The summed E-state index contributed by atoms with van der Waals surface area (Å²) in [5.41, 5.74) is 1.94. The monoisotopic (exact) mass is 498 g/mol. The Kier molecular flexibility index (Phi) is 6.56. The van der Waals surface area contributed by atoms with Crippen LogP contribution in [0.1, 0.15) is 32.0 Å². The number of piperazine rings is 1. The zero-order chi connectivity index (χ0) is 23.7. The molecule has 34 heavy (non-hydrogen) atoms. The summed E-state index contributed by atoms with van der Waals surface area (Å²) in [6.07, 6.45) is 2.62. The molecule has 4 aromatic rings. The lowest BCUT2D eigenvalue weighted by Crippen LogP contribution is -2.48. The Morgan fingerprint density at radius 2 is 1.97 bits per heavy atom. The molecule has 10 heteroatoms. The Hall–Kier alpha value is -2.91. The Labute approximate surface area is 206 Å². The summed E-state index contributed by atoms with van der Waals surface area (Å²) in [6.45, 7) is 5.65. The number of carbonyl (C=O) groups is 1. The van der Waals surface area contributed by atoms with Crippen molar-refractivity contribution in [3.8, 4) is 0 Å². The van der Waals surface area contributed by atoms with Crippen molar-refractivity contribution in [2.24, 2.45) is 0 Å². The van der Waals surface area contributed by atoms with Gasteiger partial charge in [-0.1, -0.05) is 24.6 Å². The summed E-state index contributed by atoms with van der Waals surface area (Å²) in [5, 5.41) is 11.4. The van der Waals surface area contributed by atoms with Crippen LogP contribution in [0.2, 0.25) is 5.02 Å². The molecule has 4 heterocycles. The predicted molar refractivity (Wildman–Crippen MR) is 136 cm³/mol. The lowest BCUT2D eigenvalue weighted by molar-refractivity contribution is -0.131. The van der Waals surface area contributed by atoms with Crippen LogP contribution in [0.3, 0.4) is 0 Å². The number of thiophene rings is 1. The summed E-state index contributed by atoms with van der Waals surface area (Å²) >= 11 is 7.56. The highest BCUT2D eigenvalue weighted by Gasteiger charge is 2.22. The molecule has 1 aliphatic heterocycles. The van der Waals surface area contributed by atoms with Gasteiger partial charge in [-0.3, -0.25) is 18.6 Å². The van der Waals surface area contributed by atoms with Gasteiger partial charge in [-0.25, -0.2) is 0 Å². The number of amides is 1. The molecule has 1 saturated heterocycles. The second-order valence-corrected chi connectivity index (χ2v) is 9.90. The van der Waals surface area contributed by atoms with Crippen molar-refractivity contribution < 1.29 is 4.79 Å². The first-order valence-corrected chi connectivity index (χ1v) is 12.9. The maximum Gasteiger partial charge on any atom is 0.272 e. The van der Waals surface area contributed by atoms with Gasteiger partial charge in [0.25, 0.3) is 5.56 Å². The molecule has 1 aromatic carbocycles. The Bertz CT molecular complexity index is 1390. The Balaban J connectivity index is 1.23. The first kappa shape index (κ1) is 22.9. The van der Waals surface area contributed by atoms with Crippen molar-refractivity contribution in [1.82, 2.24) is 24.1 Å². The van der Waals surface area contributed by atoms with Gasteiger partial charge in [-0.05, 0) is 42.5 Å². The van der Waals surface area contributed by atoms with Crippen LogP contribution in [0.15, 0.2) is 40.5 Å². The number of nitrogens with zero attached hydrogens (tertiary/aromatic N) is 6. The molecule has 0 unspecified atom stereocenters. The number of benzene rings is 1. The third-order valence-corrected chi connectivity index (χ3v) is 7.45. The normalized spacial score (nSPS) is 14.4. The molecular weight excluding hydrogens is 472 g/mol. The van der Waals surface area contributed by atoms with Crippen molar-refractivity contribution in [3.63, 3.8) is 0 Å². The minimum absolute atomic E-state index is 0.00889. The molecule has 5 rings (SSSR count). The summed E-state index contributed by atoms with van der Waals surface area (Å²) in [6, 6.07) is 9.79. The van der Waals surface area contributed by atoms with Crippen LogP contribution in [0.25, 0.3) is 16.0 Å². The minimum Gasteiger partial charge on any atom is -0.368 e. The van der Waals surface area contributed by atoms with E-state index in [0.717, 1.165) is 46.3 Å². The van der Waals surface area contributed by atoms with Crippen LogP contribution in [-0.2, 0) is 17.8 Å². The van der Waals surface area contributed by atoms with E-state index in [-0.39, 0.29) is 11.5 Å². The van der Waals surface area contributed by atoms with Gasteiger partial charge in [0.05, 0.1) is 5.52 Å². The van der Waals surface area contributed by atoms with E-state index >= 15 is 0 Å². The minimum atomic E-state index is -0.00889. The van der Waals surface area contributed by atoms with Crippen LogP contribution >= 0.6 is 22.9 Å². The van der Waals surface area contributed by atoms with E-state index in [1.54, 1.807) is 4.57 Å². The molecule has 0 N–H and O–H groups in total. The van der Waals surface area contributed by atoms with Gasteiger partial charge in [0, 0.05) is 56.3 Å². The van der Waals surface area contributed by atoms with Gasteiger partial charge in [-0.15, -0.1) is 21.5 Å². The van der Waals surface area contributed by atoms with Crippen molar-refractivity contribution in [3.05, 3.63) is 56.9 Å². The van der Waals surface area contributed by atoms with Gasteiger partial charge in [0.1, 0.15) is 10.5 Å². The first-order chi connectivity index (χ1) is 16.6. The maximum atomic E-state index is 12.8. The van der Waals surface area contributed by atoms with E-state index < -0.39 is 0 Å². The largest absolute Gasteiger partial charge is 0.368 e. The van der Waals surface area contributed by atoms with Crippen LogP contribution in [0.5, 0.6) is 0 Å². The number of hydrogen-bond donors (Lipinski definition) is 0. The van der Waals surface area contributed by atoms with E-state index in [4.69, 9.17) is 11.6 Å². The van der Waals surface area contributed by atoms with Crippen LogP contribution in [0, 0.1) is 0 Å². The number of hydrogen-bond acceptors (Lipinski definition) is 6. The number of rotatable bonds is 7. The molecule has 1 aliphatic rings. The van der Waals surface area contributed by atoms with Crippen LogP contribution in [-0.4, -0.2) is 56.2 Å². The summed E-state index contributed by atoms with van der Waals surface area (Å²) in [7, 11) is 0. The molecular formula is C24H27ClN6O2S. The Morgan fingerprint density at radius 1 is 1.15 bits per heavy atom. The molecule has 8 nitrogen and oxygen atoms in total. The van der Waals surface area contributed by atoms with Crippen LogP contribution in [0.4, 0.5) is 5.69 Å². The van der Waals surface area contributed by atoms with Gasteiger partial charge in [0.2, 0.25) is 11.7 Å². The quantitative estimate of drug-likeness (QED) is 0.387. The van der Waals surface area contributed by atoms with E-state index in [1.807, 2.05) is 45.9 Å². The van der Waals surface area contributed by atoms with E-state index in [9.17, 15) is 9.59 Å². The second-order valence-electron chi connectivity index (χ2n) is 8.54. The van der Waals surface area contributed by atoms with E-state index in [2.05, 4.69) is 21.2 Å². The molecule has 178 valence electrons. The fraction of sp³-hybridized carbons (Fsp3) is 0.417. The fourth-order valence-electron chi connectivity index (χ4n) is 4.61. The lowest BCUT2D eigenvalue weighted by atomic mass is 10.2. The van der Waals surface area contributed by atoms with Crippen molar-refractivity contribution >= 4 is 50.5 Å². The second kappa shape index (κ2) is 9.76. The molecule has 0 saturated carbocycles. The van der Waals surface area contributed by atoms with E-state index in [0.29, 0.717) is 44.7 Å². The van der Waals surface area contributed by atoms with Gasteiger partial charge in [0.15, 0.2) is 0 Å². The third-order valence-electron chi connectivity index (χ3n) is 6.32. The van der Waals surface area contributed by atoms with E-state index in [1.165, 1.54) is 11.3 Å². The smallest absolute Gasteiger partial charge is 0.272 e. The molecule has 0 aliphatic carbocycles. The topological polar surface area (TPSA) is 75.7 Å². The number of carbonyl (C=O) groups excluding carboxylic acids is 1. The summed E-state index contributed by atoms with van der Waals surface area (Å²) in [5.74, 6) is 1.54. The first-order valence-electron chi connectivity index (χ1n) is 11.7. The fourth-order valence-corrected chi connectivity index (χ4v) is 5.62. The molecule has 0 radical (unpaired) electrons. The Morgan fingerprint density at radius 3 is 2.74 bits per heavy atom. The zero-order valence-corrected chi connectivity index (χ0v) is 20.7. The molecule has 0 bridgehead atoms. The highest BCUT2D eigenvalue weighted by Crippen LogP contribution is 2.22. The number of aryl methyl sites for hydroxylation is 2. The van der Waals surface area contributed by atoms with Crippen LogP contribution < -0.4 is 10.5 Å². The van der Waals surface area contributed by atoms with Gasteiger partial charge < -0.3 is 9.80 Å².